The van der Waals surface area contributed by atoms with E-state index in [2.05, 4.69) is 40.8 Å². The van der Waals surface area contributed by atoms with Crippen molar-refractivity contribution in [1.82, 2.24) is 0 Å². The van der Waals surface area contributed by atoms with E-state index in [1.165, 1.54) is 36.5 Å². The predicted molar refractivity (Wildman–Crippen MR) is 57.9 cm³/mol. The Balaban J connectivity index is 0.000000853. The van der Waals surface area contributed by atoms with Gasteiger partial charge in [-0.05, 0) is 12.5 Å². The average molecular weight is 314 g/mol. The van der Waals surface area contributed by atoms with Crippen LogP contribution in [0.25, 0.3) is 0 Å². The van der Waals surface area contributed by atoms with E-state index in [0.29, 0.717) is 0 Å². The number of halogens is 1. The molecule has 2 heterocycles. The maximum absolute atomic E-state index is 2.50. The summed E-state index contributed by atoms with van der Waals surface area (Å²) in [6.07, 6.45) is 2.55. The maximum atomic E-state index is 2.50. The first kappa shape index (κ1) is 10.9. The van der Waals surface area contributed by atoms with E-state index >= 15 is 0 Å². The van der Waals surface area contributed by atoms with Gasteiger partial charge in [0.05, 0.1) is 20.0 Å². The lowest BCUT2D eigenvalue weighted by molar-refractivity contribution is -0.538. The Morgan fingerprint density at radius 3 is 2.93 bits per heavy atom. The summed E-state index contributed by atoms with van der Waals surface area (Å²) in [4.78, 5) is 2.35. The first-order chi connectivity index (χ1) is 6.86. The van der Waals surface area contributed by atoms with Gasteiger partial charge in [0, 0.05) is 5.56 Å². The van der Waals surface area contributed by atoms with Crippen LogP contribution >= 0.6 is 0 Å². The minimum atomic E-state index is 0. The summed E-state index contributed by atoms with van der Waals surface area (Å²) in [7, 11) is 2.19. The lowest BCUT2D eigenvalue weighted by Crippen LogP contribution is -3.00. The average Bonchev–Trinajstić information content (AvgIpc) is 2.66. The van der Waals surface area contributed by atoms with E-state index in [1.807, 2.05) is 0 Å². The van der Waals surface area contributed by atoms with Gasteiger partial charge >= 0.3 is 0 Å². The summed E-state index contributed by atoms with van der Waals surface area (Å²) < 4.78 is 2.50. The number of rotatable bonds is 0. The van der Waals surface area contributed by atoms with Gasteiger partial charge in [-0.2, -0.15) is 0 Å². The van der Waals surface area contributed by atoms with E-state index in [0.717, 1.165) is 6.54 Å². The Morgan fingerprint density at radius 2 is 2.07 bits per heavy atom. The van der Waals surface area contributed by atoms with Gasteiger partial charge in [-0.25, -0.2) is 4.90 Å². The van der Waals surface area contributed by atoms with Crippen LogP contribution in [-0.4, -0.2) is 24.0 Å². The van der Waals surface area contributed by atoms with Crippen molar-refractivity contribution >= 4 is 11.5 Å². The minimum absolute atomic E-state index is 0. The van der Waals surface area contributed by atoms with Crippen LogP contribution in [0.15, 0.2) is 24.3 Å². The lowest BCUT2D eigenvalue weighted by Gasteiger charge is -2.22. The highest BCUT2D eigenvalue weighted by molar-refractivity contribution is 5.95. The van der Waals surface area contributed by atoms with Crippen LogP contribution in [0.3, 0.4) is 0 Å². The predicted octanol–water partition coefficient (Wildman–Crippen LogP) is -1.15. The van der Waals surface area contributed by atoms with Crippen molar-refractivity contribution in [2.24, 2.45) is 0 Å². The zero-order chi connectivity index (χ0) is 9.54. The highest BCUT2D eigenvalue weighted by Gasteiger charge is 2.32. The zero-order valence-electron chi connectivity index (χ0n) is 8.91. The van der Waals surface area contributed by atoms with Gasteiger partial charge in [-0.3, -0.25) is 4.58 Å². The molecule has 15 heavy (non-hydrogen) atoms. The van der Waals surface area contributed by atoms with Crippen molar-refractivity contribution in [3.05, 3.63) is 29.8 Å². The molecule has 0 spiro atoms. The molecule has 0 radical (unpaired) electrons. The molecule has 1 aromatic carbocycles. The molecular formula is C12H15IN2. The monoisotopic (exact) mass is 314 g/mol. The van der Waals surface area contributed by atoms with Crippen molar-refractivity contribution in [3.63, 3.8) is 0 Å². The van der Waals surface area contributed by atoms with E-state index in [-0.39, 0.29) is 24.0 Å². The third-order valence-corrected chi connectivity index (χ3v) is 3.29. The molecule has 3 heteroatoms. The smallest absolute Gasteiger partial charge is 0.252 e. The van der Waals surface area contributed by atoms with Crippen LogP contribution in [0.2, 0.25) is 0 Å². The minimum Gasteiger partial charge on any atom is -1.00 e. The largest absolute Gasteiger partial charge is 1.00 e. The third kappa shape index (κ3) is 1.67. The van der Waals surface area contributed by atoms with Crippen molar-refractivity contribution in [3.8, 4) is 0 Å². The molecule has 0 bridgehead atoms. The second-order valence-electron chi connectivity index (χ2n) is 4.13. The van der Waals surface area contributed by atoms with Gasteiger partial charge in [0.25, 0.3) is 5.84 Å². The molecule has 80 valence electrons. The fraction of sp³-hybridized carbons (Fsp3) is 0.417. The Morgan fingerprint density at radius 1 is 1.27 bits per heavy atom. The van der Waals surface area contributed by atoms with Gasteiger partial charge in [-0.1, -0.05) is 18.2 Å². The van der Waals surface area contributed by atoms with Crippen molar-refractivity contribution in [2.75, 3.05) is 18.5 Å². The molecule has 0 saturated heterocycles. The third-order valence-electron chi connectivity index (χ3n) is 3.29. The Kier molecular flexibility index (Phi) is 3.00. The van der Waals surface area contributed by atoms with Crippen molar-refractivity contribution in [1.29, 1.82) is 0 Å². The van der Waals surface area contributed by atoms with Crippen LogP contribution in [0.5, 0.6) is 0 Å². The molecule has 0 N–H and O–H groups in total. The van der Waals surface area contributed by atoms with Crippen LogP contribution in [0, 0.1) is 0 Å². The SMILES string of the molecule is CN1C2=[N+](CCC2)Cc2ccccc21.[I-]. The first-order valence-corrected chi connectivity index (χ1v) is 5.28. The first-order valence-electron chi connectivity index (χ1n) is 5.28. The van der Waals surface area contributed by atoms with E-state index < -0.39 is 0 Å². The molecule has 2 nitrogen and oxygen atoms in total. The quantitative estimate of drug-likeness (QED) is 0.433. The summed E-state index contributed by atoms with van der Waals surface area (Å²) in [5.41, 5.74) is 2.85. The summed E-state index contributed by atoms with van der Waals surface area (Å²) >= 11 is 0. The molecule has 0 saturated carbocycles. The maximum Gasteiger partial charge on any atom is 0.252 e. The molecule has 3 rings (SSSR count). The fourth-order valence-electron chi connectivity index (χ4n) is 2.58. The molecule has 1 aromatic rings. The molecule has 0 fully saturated rings. The van der Waals surface area contributed by atoms with Crippen molar-refractivity contribution in [2.45, 2.75) is 19.4 Å². The number of para-hydroxylation sites is 1. The number of hydrogen-bond donors (Lipinski definition) is 0. The molecular weight excluding hydrogens is 299 g/mol. The Hall–Kier alpha value is -0.580. The fourth-order valence-corrected chi connectivity index (χ4v) is 2.58. The number of fused-ring (bicyclic) bond motifs is 1. The molecule has 0 amide bonds. The lowest BCUT2D eigenvalue weighted by atomic mass is 10.1. The van der Waals surface area contributed by atoms with E-state index in [1.54, 1.807) is 0 Å². The standard InChI is InChI=1S/C12H15N2.HI/c1-13-11-6-3-2-5-10(11)9-14-8-4-7-12(13)14;/h2-3,5-6H,4,7-9H2,1H3;1H/q+1;/p-1. The summed E-state index contributed by atoms with van der Waals surface area (Å²) in [6.45, 7) is 2.34. The van der Waals surface area contributed by atoms with Crippen LogP contribution < -0.4 is 28.9 Å². The normalized spacial score (nSPS) is 18.3. The van der Waals surface area contributed by atoms with Crippen LogP contribution in [0.4, 0.5) is 5.69 Å². The second-order valence-corrected chi connectivity index (χ2v) is 4.13. The van der Waals surface area contributed by atoms with E-state index in [4.69, 9.17) is 0 Å². The number of hydrogen-bond acceptors (Lipinski definition) is 1. The molecule has 0 unspecified atom stereocenters. The summed E-state index contributed by atoms with van der Waals surface area (Å²) in [5.74, 6) is 1.50. The second kappa shape index (κ2) is 4.12. The summed E-state index contributed by atoms with van der Waals surface area (Å²) in [6, 6.07) is 8.72. The van der Waals surface area contributed by atoms with E-state index in [9.17, 15) is 0 Å². The molecule has 0 atom stereocenters. The van der Waals surface area contributed by atoms with Gasteiger partial charge in [0.1, 0.15) is 12.2 Å². The zero-order valence-corrected chi connectivity index (χ0v) is 11.1. The van der Waals surface area contributed by atoms with Crippen LogP contribution in [-0.2, 0) is 6.54 Å². The highest BCUT2D eigenvalue weighted by Crippen LogP contribution is 2.27. The van der Waals surface area contributed by atoms with Gasteiger partial charge < -0.3 is 24.0 Å². The molecule has 0 aliphatic carbocycles. The summed E-state index contributed by atoms with van der Waals surface area (Å²) in [5, 5.41) is 0. The van der Waals surface area contributed by atoms with Gasteiger partial charge in [0.15, 0.2) is 0 Å². The van der Waals surface area contributed by atoms with Crippen LogP contribution in [0.1, 0.15) is 18.4 Å². The number of nitrogens with zero attached hydrogens (tertiary/aromatic N) is 2. The van der Waals surface area contributed by atoms with Gasteiger partial charge in [0.2, 0.25) is 0 Å². The van der Waals surface area contributed by atoms with Gasteiger partial charge in [-0.15, -0.1) is 0 Å². The topological polar surface area (TPSA) is 6.25 Å². The molecule has 2 aliphatic heterocycles. The Bertz CT molecular complexity index is 412. The highest BCUT2D eigenvalue weighted by atomic mass is 127. The molecule has 0 aromatic heterocycles. The number of amidine groups is 1. The number of anilines is 1. The van der Waals surface area contributed by atoms with Crippen molar-refractivity contribution < 1.29 is 28.6 Å². The Labute approximate surface area is 108 Å². The molecule has 2 aliphatic rings. The number of benzene rings is 1.